The minimum absolute atomic E-state index is 0.253. The Kier molecular flexibility index (Phi) is 5.39. The van der Waals surface area contributed by atoms with Crippen LogP contribution in [-0.2, 0) is 19.7 Å². The van der Waals surface area contributed by atoms with Gasteiger partial charge in [0.15, 0.2) is 0 Å². The second-order valence-electron chi connectivity index (χ2n) is 5.54. The van der Waals surface area contributed by atoms with Gasteiger partial charge in [-0.25, -0.2) is 0 Å². The number of para-hydroxylation sites is 1. The van der Waals surface area contributed by atoms with Gasteiger partial charge < -0.3 is 14.6 Å². The number of aromatic nitrogens is 2. The molecule has 0 bridgehead atoms. The molecule has 3 rings (SSSR count). The van der Waals surface area contributed by atoms with Gasteiger partial charge in [-0.3, -0.25) is 4.98 Å². The SMILES string of the molecule is Cc1cc(CNCc2ccccc2OCc2ncccc2C#N)no1. The lowest BCUT2D eigenvalue weighted by Crippen LogP contribution is -2.14. The second-order valence-corrected chi connectivity index (χ2v) is 5.54. The standard InChI is InChI=1S/C19H18N4O2/c1-14-9-17(23-25-14)12-21-11-16-5-2-3-7-19(16)24-13-18-15(10-20)6-4-8-22-18/h2-9,21H,11-13H2,1H3. The number of nitrogens with one attached hydrogen (secondary N) is 1. The molecule has 0 unspecified atom stereocenters. The molecule has 0 aliphatic heterocycles. The fourth-order valence-corrected chi connectivity index (χ4v) is 2.42. The molecular formula is C19H18N4O2. The third-order valence-corrected chi connectivity index (χ3v) is 3.65. The van der Waals surface area contributed by atoms with Gasteiger partial charge in [0.05, 0.1) is 17.0 Å². The lowest BCUT2D eigenvalue weighted by Gasteiger charge is -2.12. The number of benzene rings is 1. The molecule has 0 amide bonds. The molecule has 0 aliphatic carbocycles. The van der Waals surface area contributed by atoms with Crippen LogP contribution in [0.2, 0.25) is 0 Å². The number of nitriles is 1. The molecule has 2 aromatic heterocycles. The average Bonchev–Trinajstić information content (AvgIpc) is 3.06. The molecular weight excluding hydrogens is 316 g/mol. The van der Waals surface area contributed by atoms with E-state index in [2.05, 4.69) is 21.5 Å². The highest BCUT2D eigenvalue weighted by Gasteiger charge is 2.07. The van der Waals surface area contributed by atoms with Gasteiger partial charge in [-0.1, -0.05) is 23.4 Å². The molecule has 0 aliphatic rings. The summed E-state index contributed by atoms with van der Waals surface area (Å²) < 4.78 is 10.9. The van der Waals surface area contributed by atoms with Gasteiger partial charge >= 0.3 is 0 Å². The molecule has 0 saturated carbocycles. The van der Waals surface area contributed by atoms with Gasteiger partial charge in [-0.2, -0.15) is 5.26 Å². The van der Waals surface area contributed by atoms with Gasteiger partial charge in [-0.15, -0.1) is 0 Å². The maximum atomic E-state index is 9.13. The van der Waals surface area contributed by atoms with Crippen molar-refractivity contribution < 1.29 is 9.26 Å². The smallest absolute Gasteiger partial charge is 0.133 e. The maximum absolute atomic E-state index is 9.13. The van der Waals surface area contributed by atoms with Crippen molar-refractivity contribution in [2.75, 3.05) is 0 Å². The van der Waals surface area contributed by atoms with Crippen molar-refractivity contribution >= 4 is 0 Å². The average molecular weight is 334 g/mol. The van der Waals surface area contributed by atoms with Crippen molar-refractivity contribution in [2.24, 2.45) is 0 Å². The van der Waals surface area contributed by atoms with E-state index in [0.29, 0.717) is 24.3 Å². The lowest BCUT2D eigenvalue weighted by molar-refractivity contribution is 0.297. The minimum Gasteiger partial charge on any atom is -0.487 e. The molecule has 0 spiro atoms. The number of ether oxygens (including phenoxy) is 1. The van der Waals surface area contributed by atoms with Crippen LogP contribution in [0.25, 0.3) is 0 Å². The molecule has 0 saturated heterocycles. The fourth-order valence-electron chi connectivity index (χ4n) is 2.42. The summed E-state index contributed by atoms with van der Waals surface area (Å²) in [5.41, 5.74) is 3.05. The third-order valence-electron chi connectivity index (χ3n) is 3.65. The van der Waals surface area contributed by atoms with Gasteiger partial charge in [-0.05, 0) is 25.1 Å². The van der Waals surface area contributed by atoms with Crippen molar-refractivity contribution in [2.45, 2.75) is 26.6 Å². The Hall–Kier alpha value is -3.17. The Labute approximate surface area is 146 Å². The van der Waals surface area contributed by atoms with Crippen LogP contribution in [0.5, 0.6) is 5.75 Å². The Morgan fingerprint density at radius 2 is 2.08 bits per heavy atom. The van der Waals surface area contributed by atoms with Crippen LogP contribution >= 0.6 is 0 Å². The predicted molar refractivity (Wildman–Crippen MR) is 91.5 cm³/mol. The Balaban J connectivity index is 1.61. The highest BCUT2D eigenvalue weighted by Crippen LogP contribution is 2.19. The number of aryl methyl sites for hydroxylation is 1. The van der Waals surface area contributed by atoms with Crippen LogP contribution in [0.1, 0.15) is 28.3 Å². The zero-order chi connectivity index (χ0) is 17.5. The highest BCUT2D eigenvalue weighted by molar-refractivity contribution is 5.35. The summed E-state index contributed by atoms with van der Waals surface area (Å²) in [6, 6.07) is 15.3. The van der Waals surface area contributed by atoms with Crippen molar-refractivity contribution in [3.63, 3.8) is 0 Å². The Morgan fingerprint density at radius 1 is 1.20 bits per heavy atom. The lowest BCUT2D eigenvalue weighted by atomic mass is 10.2. The van der Waals surface area contributed by atoms with Crippen molar-refractivity contribution in [3.05, 3.63) is 76.9 Å². The largest absolute Gasteiger partial charge is 0.487 e. The van der Waals surface area contributed by atoms with E-state index in [9.17, 15) is 0 Å². The van der Waals surface area contributed by atoms with E-state index in [1.54, 1.807) is 18.3 Å². The van der Waals surface area contributed by atoms with Crippen LogP contribution in [-0.4, -0.2) is 10.1 Å². The van der Waals surface area contributed by atoms with Gasteiger partial charge in [0.1, 0.15) is 24.2 Å². The predicted octanol–water partition coefficient (Wildman–Crippen LogP) is 3.12. The molecule has 126 valence electrons. The molecule has 0 radical (unpaired) electrons. The first-order chi connectivity index (χ1) is 12.3. The second kappa shape index (κ2) is 8.08. The molecule has 1 aromatic carbocycles. The van der Waals surface area contributed by atoms with Crippen LogP contribution in [0.15, 0.2) is 53.2 Å². The summed E-state index contributed by atoms with van der Waals surface area (Å²) in [5, 5.41) is 16.4. The molecule has 0 atom stereocenters. The summed E-state index contributed by atoms with van der Waals surface area (Å²) in [4.78, 5) is 4.22. The third kappa shape index (κ3) is 4.43. The van der Waals surface area contributed by atoms with E-state index in [1.165, 1.54) is 0 Å². The Morgan fingerprint density at radius 3 is 2.88 bits per heavy atom. The molecule has 6 nitrogen and oxygen atoms in total. The number of hydrogen-bond acceptors (Lipinski definition) is 6. The van der Waals surface area contributed by atoms with E-state index in [-0.39, 0.29) is 6.61 Å². The zero-order valence-corrected chi connectivity index (χ0v) is 13.9. The van der Waals surface area contributed by atoms with Crippen LogP contribution in [0, 0.1) is 18.3 Å². The van der Waals surface area contributed by atoms with Crippen molar-refractivity contribution in [3.8, 4) is 11.8 Å². The first-order valence-electron chi connectivity index (χ1n) is 7.94. The summed E-state index contributed by atoms with van der Waals surface area (Å²) in [7, 11) is 0. The number of pyridine rings is 1. The van der Waals surface area contributed by atoms with Gasteiger partial charge in [0, 0.05) is 30.9 Å². The van der Waals surface area contributed by atoms with Crippen molar-refractivity contribution in [1.29, 1.82) is 5.26 Å². The van der Waals surface area contributed by atoms with Crippen LogP contribution in [0.3, 0.4) is 0 Å². The zero-order valence-electron chi connectivity index (χ0n) is 13.9. The quantitative estimate of drug-likeness (QED) is 0.715. The van der Waals surface area contributed by atoms with Crippen molar-refractivity contribution in [1.82, 2.24) is 15.5 Å². The number of nitrogens with zero attached hydrogens (tertiary/aromatic N) is 3. The van der Waals surface area contributed by atoms with E-state index in [0.717, 1.165) is 22.8 Å². The maximum Gasteiger partial charge on any atom is 0.133 e. The van der Waals surface area contributed by atoms with Gasteiger partial charge in [0.2, 0.25) is 0 Å². The monoisotopic (exact) mass is 334 g/mol. The van der Waals surface area contributed by atoms with E-state index >= 15 is 0 Å². The van der Waals surface area contributed by atoms with E-state index in [1.807, 2.05) is 37.3 Å². The molecule has 25 heavy (non-hydrogen) atoms. The molecule has 0 fully saturated rings. The van der Waals surface area contributed by atoms with Gasteiger partial charge in [0.25, 0.3) is 0 Å². The first-order valence-corrected chi connectivity index (χ1v) is 7.94. The number of rotatable bonds is 7. The van der Waals surface area contributed by atoms with Crippen LogP contribution < -0.4 is 10.1 Å². The molecule has 1 N–H and O–H groups in total. The topological polar surface area (TPSA) is 84.0 Å². The summed E-state index contributed by atoms with van der Waals surface area (Å²) in [6.07, 6.45) is 1.66. The summed E-state index contributed by atoms with van der Waals surface area (Å²) >= 11 is 0. The number of hydrogen-bond donors (Lipinski definition) is 1. The first kappa shape index (κ1) is 16.7. The normalized spacial score (nSPS) is 10.4. The fraction of sp³-hybridized carbons (Fsp3) is 0.211. The Bertz CT molecular complexity index is 883. The van der Waals surface area contributed by atoms with Crippen LogP contribution in [0.4, 0.5) is 0 Å². The minimum atomic E-state index is 0.253. The molecule has 6 heteroatoms. The van der Waals surface area contributed by atoms with E-state index < -0.39 is 0 Å². The summed E-state index contributed by atoms with van der Waals surface area (Å²) in [6.45, 7) is 3.37. The highest BCUT2D eigenvalue weighted by atomic mass is 16.5. The van der Waals surface area contributed by atoms with E-state index in [4.69, 9.17) is 14.5 Å². The molecule has 3 aromatic rings. The summed E-state index contributed by atoms with van der Waals surface area (Å²) in [5.74, 6) is 1.56. The molecule has 2 heterocycles.